The van der Waals surface area contributed by atoms with Crippen molar-refractivity contribution in [3.63, 3.8) is 0 Å². The standard InChI is InChI=1S/C22H33N3O3/c1-17-20(18(2)28-24-17)16-27-21-9-8-19(14-22(21)26-3)15-23-10-7-13-25-11-5-4-6-12-25/h8-9,14,23H,4-7,10-13,15-16H2,1-3H3. The molecule has 1 fully saturated rings. The van der Waals surface area contributed by atoms with Gasteiger partial charge in [-0.1, -0.05) is 17.6 Å². The predicted octanol–water partition coefficient (Wildman–Crippen LogP) is 3.84. The van der Waals surface area contributed by atoms with Crippen LogP contribution in [0.4, 0.5) is 0 Å². The van der Waals surface area contributed by atoms with Crippen LogP contribution >= 0.6 is 0 Å². The zero-order valence-corrected chi connectivity index (χ0v) is 17.4. The quantitative estimate of drug-likeness (QED) is 0.625. The average molecular weight is 388 g/mol. The number of benzene rings is 1. The number of ether oxygens (including phenoxy) is 2. The molecule has 1 aromatic carbocycles. The van der Waals surface area contributed by atoms with Crippen LogP contribution in [0.25, 0.3) is 0 Å². The summed E-state index contributed by atoms with van der Waals surface area (Å²) in [6.07, 6.45) is 5.31. The molecule has 2 aromatic rings. The molecule has 3 rings (SSSR count). The van der Waals surface area contributed by atoms with Crippen LogP contribution in [0.5, 0.6) is 11.5 Å². The second-order valence-electron chi connectivity index (χ2n) is 7.51. The van der Waals surface area contributed by atoms with Crippen molar-refractivity contribution < 1.29 is 14.0 Å². The average Bonchev–Trinajstić information content (AvgIpc) is 3.05. The smallest absolute Gasteiger partial charge is 0.161 e. The fraction of sp³-hybridized carbons (Fsp3) is 0.591. The number of aryl methyl sites for hydroxylation is 2. The molecule has 0 atom stereocenters. The number of likely N-dealkylation sites (tertiary alicyclic amines) is 1. The fourth-order valence-corrected chi connectivity index (χ4v) is 3.64. The summed E-state index contributed by atoms with van der Waals surface area (Å²) in [7, 11) is 1.67. The lowest BCUT2D eigenvalue weighted by molar-refractivity contribution is 0.225. The van der Waals surface area contributed by atoms with E-state index in [0.717, 1.165) is 41.6 Å². The van der Waals surface area contributed by atoms with Crippen molar-refractivity contribution in [1.29, 1.82) is 0 Å². The van der Waals surface area contributed by atoms with Crippen molar-refractivity contribution in [2.45, 2.75) is 52.7 Å². The van der Waals surface area contributed by atoms with E-state index in [1.165, 1.54) is 50.9 Å². The second kappa shape index (κ2) is 10.5. The molecule has 0 radical (unpaired) electrons. The van der Waals surface area contributed by atoms with Gasteiger partial charge in [-0.25, -0.2) is 0 Å². The summed E-state index contributed by atoms with van der Waals surface area (Å²) >= 11 is 0. The van der Waals surface area contributed by atoms with Crippen LogP contribution in [0.3, 0.4) is 0 Å². The Hall–Kier alpha value is -2.05. The number of nitrogens with one attached hydrogen (secondary N) is 1. The maximum atomic E-state index is 5.95. The van der Waals surface area contributed by atoms with Gasteiger partial charge in [0.1, 0.15) is 12.4 Å². The second-order valence-corrected chi connectivity index (χ2v) is 7.51. The summed E-state index contributed by atoms with van der Waals surface area (Å²) in [6, 6.07) is 6.10. The molecule has 6 heteroatoms. The summed E-state index contributed by atoms with van der Waals surface area (Å²) in [5.41, 5.74) is 3.04. The van der Waals surface area contributed by atoms with E-state index in [0.29, 0.717) is 6.61 Å². The van der Waals surface area contributed by atoms with Gasteiger partial charge in [0.2, 0.25) is 0 Å². The van der Waals surface area contributed by atoms with E-state index in [-0.39, 0.29) is 0 Å². The summed E-state index contributed by atoms with van der Waals surface area (Å²) in [5.74, 6) is 2.28. The lowest BCUT2D eigenvalue weighted by atomic mass is 10.1. The van der Waals surface area contributed by atoms with Crippen molar-refractivity contribution in [3.05, 3.63) is 40.8 Å². The minimum atomic E-state index is 0.422. The summed E-state index contributed by atoms with van der Waals surface area (Å²) < 4.78 is 16.7. The summed E-state index contributed by atoms with van der Waals surface area (Å²) in [5, 5.41) is 7.50. The van der Waals surface area contributed by atoms with Gasteiger partial charge in [0.05, 0.1) is 18.4 Å². The molecule has 1 aliphatic heterocycles. The molecular formula is C22H33N3O3. The lowest BCUT2D eigenvalue weighted by Crippen LogP contribution is -2.32. The maximum absolute atomic E-state index is 5.95. The molecule has 0 spiro atoms. The van der Waals surface area contributed by atoms with Gasteiger partial charge in [-0.2, -0.15) is 0 Å². The van der Waals surface area contributed by atoms with Crippen molar-refractivity contribution in [3.8, 4) is 11.5 Å². The highest BCUT2D eigenvalue weighted by Gasteiger charge is 2.12. The van der Waals surface area contributed by atoms with Crippen LogP contribution in [-0.4, -0.2) is 43.3 Å². The molecule has 1 aliphatic rings. The number of piperidine rings is 1. The fourth-order valence-electron chi connectivity index (χ4n) is 3.64. The minimum Gasteiger partial charge on any atom is -0.493 e. The summed E-state index contributed by atoms with van der Waals surface area (Å²) in [4.78, 5) is 2.58. The normalized spacial score (nSPS) is 15.0. The Morgan fingerprint density at radius 3 is 2.68 bits per heavy atom. The van der Waals surface area contributed by atoms with E-state index in [1.807, 2.05) is 26.0 Å². The van der Waals surface area contributed by atoms with E-state index in [2.05, 4.69) is 21.4 Å². The molecule has 0 bridgehead atoms. The van der Waals surface area contributed by atoms with Crippen molar-refractivity contribution in [1.82, 2.24) is 15.4 Å². The first kappa shape index (κ1) is 20.7. The first-order valence-corrected chi connectivity index (χ1v) is 10.3. The molecule has 154 valence electrons. The van der Waals surface area contributed by atoms with Gasteiger partial charge in [-0.05, 0) is 77.0 Å². The largest absolute Gasteiger partial charge is 0.493 e. The first-order valence-electron chi connectivity index (χ1n) is 10.3. The first-order chi connectivity index (χ1) is 13.7. The van der Waals surface area contributed by atoms with Gasteiger partial charge in [0.25, 0.3) is 0 Å². The van der Waals surface area contributed by atoms with Crippen molar-refractivity contribution in [2.75, 3.05) is 33.3 Å². The number of rotatable bonds is 10. The molecule has 2 heterocycles. The Morgan fingerprint density at radius 1 is 1.14 bits per heavy atom. The monoisotopic (exact) mass is 387 g/mol. The van der Waals surface area contributed by atoms with E-state index in [4.69, 9.17) is 14.0 Å². The number of hydrogen-bond donors (Lipinski definition) is 1. The molecule has 0 saturated carbocycles. The Balaban J connectivity index is 1.44. The molecule has 1 N–H and O–H groups in total. The molecule has 1 aromatic heterocycles. The van der Waals surface area contributed by atoms with Crippen LogP contribution in [-0.2, 0) is 13.2 Å². The van der Waals surface area contributed by atoms with Crippen LogP contribution in [0.2, 0.25) is 0 Å². The number of nitrogens with zero attached hydrogens (tertiary/aromatic N) is 2. The van der Waals surface area contributed by atoms with E-state index in [9.17, 15) is 0 Å². The Labute approximate surface area is 168 Å². The molecule has 0 unspecified atom stereocenters. The Bertz CT molecular complexity index is 719. The topological polar surface area (TPSA) is 59.8 Å². The molecule has 28 heavy (non-hydrogen) atoms. The predicted molar refractivity (Wildman–Crippen MR) is 110 cm³/mol. The Morgan fingerprint density at radius 2 is 1.96 bits per heavy atom. The highest BCUT2D eigenvalue weighted by atomic mass is 16.5. The van der Waals surface area contributed by atoms with Gasteiger partial charge in [-0.3, -0.25) is 0 Å². The number of aromatic nitrogens is 1. The highest BCUT2D eigenvalue weighted by Crippen LogP contribution is 2.29. The van der Waals surface area contributed by atoms with Crippen LogP contribution in [0.1, 0.15) is 48.3 Å². The Kier molecular flexibility index (Phi) is 7.74. The van der Waals surface area contributed by atoms with Crippen molar-refractivity contribution >= 4 is 0 Å². The van der Waals surface area contributed by atoms with Gasteiger partial charge in [0, 0.05) is 6.54 Å². The lowest BCUT2D eigenvalue weighted by Gasteiger charge is -2.26. The van der Waals surface area contributed by atoms with E-state index in [1.54, 1.807) is 7.11 Å². The molecule has 6 nitrogen and oxygen atoms in total. The molecule has 0 aliphatic carbocycles. The molecule has 0 amide bonds. The van der Waals surface area contributed by atoms with Gasteiger partial charge in [-0.15, -0.1) is 0 Å². The summed E-state index contributed by atoms with van der Waals surface area (Å²) in [6.45, 7) is 9.85. The van der Waals surface area contributed by atoms with E-state index >= 15 is 0 Å². The van der Waals surface area contributed by atoms with Crippen LogP contribution in [0, 0.1) is 13.8 Å². The molecular weight excluding hydrogens is 354 g/mol. The van der Waals surface area contributed by atoms with E-state index < -0.39 is 0 Å². The van der Waals surface area contributed by atoms with Crippen LogP contribution < -0.4 is 14.8 Å². The number of hydrogen-bond acceptors (Lipinski definition) is 6. The molecule has 1 saturated heterocycles. The third-order valence-electron chi connectivity index (χ3n) is 5.39. The van der Waals surface area contributed by atoms with Crippen LogP contribution in [0.15, 0.2) is 22.7 Å². The van der Waals surface area contributed by atoms with Gasteiger partial charge in [0.15, 0.2) is 11.5 Å². The van der Waals surface area contributed by atoms with Crippen molar-refractivity contribution in [2.24, 2.45) is 0 Å². The highest BCUT2D eigenvalue weighted by molar-refractivity contribution is 5.43. The third-order valence-corrected chi connectivity index (χ3v) is 5.39. The van der Waals surface area contributed by atoms with Gasteiger partial charge >= 0.3 is 0 Å². The number of methoxy groups -OCH3 is 1. The zero-order valence-electron chi connectivity index (χ0n) is 17.4. The zero-order chi connectivity index (χ0) is 19.8. The van der Waals surface area contributed by atoms with Gasteiger partial charge < -0.3 is 24.2 Å². The maximum Gasteiger partial charge on any atom is 0.161 e. The minimum absolute atomic E-state index is 0.422. The SMILES string of the molecule is COc1cc(CNCCCN2CCCCC2)ccc1OCc1c(C)noc1C. The third kappa shape index (κ3) is 5.72.